The van der Waals surface area contributed by atoms with E-state index < -0.39 is 16.8 Å². The summed E-state index contributed by atoms with van der Waals surface area (Å²) < 4.78 is 0. The maximum atomic E-state index is 9.05. The maximum Gasteiger partial charge on any atom is 0.277 e. The predicted octanol–water partition coefficient (Wildman–Crippen LogP) is 1.07. The summed E-state index contributed by atoms with van der Waals surface area (Å²) in [6.07, 6.45) is 0. The molecule has 0 bridgehead atoms. The fourth-order valence-electron chi connectivity index (χ4n) is 1.11. The van der Waals surface area contributed by atoms with E-state index in [-0.39, 0.29) is 30.0 Å². The van der Waals surface area contributed by atoms with Gasteiger partial charge in [-0.2, -0.15) is 0 Å². The zero-order chi connectivity index (χ0) is 9.23. The molecule has 0 amide bonds. The van der Waals surface area contributed by atoms with Gasteiger partial charge in [0.05, 0.1) is 0 Å². The van der Waals surface area contributed by atoms with Gasteiger partial charge in [-0.3, -0.25) is 0 Å². The summed E-state index contributed by atoms with van der Waals surface area (Å²) in [6.45, 7) is 3.95. The molecule has 0 aliphatic rings. The molecule has 12 heavy (non-hydrogen) atoms. The minimum absolute atomic E-state index is 0. The van der Waals surface area contributed by atoms with Gasteiger partial charge in [0.15, 0.2) is 0 Å². The van der Waals surface area contributed by atoms with Gasteiger partial charge in [0, 0.05) is 30.0 Å². The zero-order valence-corrected chi connectivity index (χ0v) is 12.7. The molecule has 3 N–H and O–H groups in total. The van der Waals surface area contributed by atoms with Crippen molar-refractivity contribution in [1.29, 1.82) is 0 Å². The van der Waals surface area contributed by atoms with Crippen molar-refractivity contribution in [1.82, 2.24) is 0 Å². The van der Waals surface area contributed by atoms with Crippen molar-refractivity contribution >= 4 is 16.8 Å². The van der Waals surface area contributed by atoms with Crippen molar-refractivity contribution in [2.24, 2.45) is 0 Å². The molecule has 0 saturated heterocycles. The van der Waals surface area contributed by atoms with Gasteiger partial charge in [-0.1, -0.05) is 27.7 Å². The third-order valence-electron chi connectivity index (χ3n) is 1.25. The normalized spacial score (nSPS) is 12.5. The molecular formula is C6H17O3PSZn. The Kier molecular flexibility index (Phi) is 7.74. The molecule has 0 fully saturated rings. The van der Waals surface area contributed by atoms with E-state index in [4.69, 9.17) is 14.7 Å². The van der Waals surface area contributed by atoms with E-state index in [2.05, 4.69) is 0 Å². The fourth-order valence-corrected chi connectivity index (χ4v) is 6.72. The third-order valence-corrected chi connectivity index (χ3v) is 7.97. The monoisotopic (exact) mass is 264 g/mol. The van der Waals surface area contributed by atoms with Gasteiger partial charge in [0.2, 0.25) is 0 Å². The topological polar surface area (TPSA) is 60.7 Å². The molecule has 0 unspecified atom stereocenters. The van der Waals surface area contributed by atoms with Crippen molar-refractivity contribution in [2.45, 2.75) is 38.2 Å². The molecular weight excluding hydrogens is 248 g/mol. The minimum atomic E-state index is -3.61. The Hall–Kier alpha value is 1.28. The standard InChI is InChI=1S/C6H17O3PS.Zn/c1-5(2)11(6(3)4)10(7,8)9;/h5-9H,1-4H3;. The summed E-state index contributed by atoms with van der Waals surface area (Å²) in [5, 5.41) is 0.256. The molecule has 0 spiro atoms. The van der Waals surface area contributed by atoms with Crippen LogP contribution in [0.3, 0.4) is 0 Å². The first-order valence-corrected chi connectivity index (χ1v) is 7.17. The average molecular weight is 266 g/mol. The van der Waals surface area contributed by atoms with Crippen molar-refractivity contribution in [3.8, 4) is 0 Å². The Morgan fingerprint density at radius 2 is 1.17 bits per heavy atom. The zero-order valence-electron chi connectivity index (χ0n) is 8.06. The largest absolute Gasteiger partial charge is 0.329 e. The van der Waals surface area contributed by atoms with Crippen LogP contribution in [0.25, 0.3) is 0 Å². The Balaban J connectivity index is 0. The molecule has 0 aliphatic carbocycles. The second kappa shape index (κ2) is 5.90. The van der Waals surface area contributed by atoms with E-state index in [1.54, 1.807) is 0 Å². The molecule has 0 radical (unpaired) electrons. The summed E-state index contributed by atoms with van der Waals surface area (Å²) in [5.74, 6) is 0. The molecule has 0 aromatic rings. The average Bonchev–Trinajstić information content (AvgIpc) is 1.54. The molecule has 0 heterocycles. The summed E-state index contributed by atoms with van der Waals surface area (Å²) in [4.78, 5) is 27.2. The van der Waals surface area contributed by atoms with E-state index in [1.165, 1.54) is 0 Å². The van der Waals surface area contributed by atoms with E-state index in [0.29, 0.717) is 0 Å². The van der Waals surface area contributed by atoms with Crippen LogP contribution in [-0.4, -0.2) is 25.2 Å². The van der Waals surface area contributed by atoms with Crippen LogP contribution in [0.5, 0.6) is 0 Å². The number of hydrogen-bond donors (Lipinski definition) is 3. The molecule has 3 nitrogen and oxygen atoms in total. The van der Waals surface area contributed by atoms with Gasteiger partial charge in [-0.05, 0) is 0 Å². The summed E-state index contributed by atoms with van der Waals surface area (Å²) in [7, 11) is -0.667. The SMILES string of the molecule is CC(C)S(C(C)C)=P(O)(O)O.[Zn]. The van der Waals surface area contributed by atoms with Crippen molar-refractivity contribution in [3.05, 3.63) is 0 Å². The second-order valence-electron chi connectivity index (χ2n) is 2.96. The fraction of sp³-hybridized carbons (Fsp3) is 1.00. The van der Waals surface area contributed by atoms with Crippen LogP contribution >= 0.6 is 6.72 Å². The van der Waals surface area contributed by atoms with Crippen LogP contribution in [0.2, 0.25) is 0 Å². The molecule has 0 rings (SSSR count). The summed E-state index contributed by atoms with van der Waals surface area (Å²) in [6, 6.07) is 0. The smallest absolute Gasteiger partial charge is 0.277 e. The third kappa shape index (κ3) is 5.11. The molecule has 6 heteroatoms. The molecule has 0 atom stereocenters. The quantitative estimate of drug-likeness (QED) is 0.517. The van der Waals surface area contributed by atoms with Crippen molar-refractivity contribution < 1.29 is 34.2 Å². The number of hydrogen-bond acceptors (Lipinski definition) is 0. The first kappa shape index (κ1) is 15.7. The van der Waals surface area contributed by atoms with E-state index in [1.807, 2.05) is 27.7 Å². The van der Waals surface area contributed by atoms with Crippen molar-refractivity contribution in [2.75, 3.05) is 0 Å². The van der Waals surface area contributed by atoms with E-state index in [9.17, 15) is 0 Å². The van der Waals surface area contributed by atoms with Crippen LogP contribution in [0.4, 0.5) is 0 Å². The van der Waals surface area contributed by atoms with Crippen LogP contribution in [-0.2, 0) is 29.6 Å². The molecule has 0 aromatic heterocycles. The Morgan fingerprint density at radius 3 is 1.17 bits per heavy atom. The van der Waals surface area contributed by atoms with Crippen molar-refractivity contribution in [3.63, 3.8) is 0 Å². The molecule has 0 aromatic carbocycles. The van der Waals surface area contributed by atoms with Crippen LogP contribution in [0.15, 0.2) is 0 Å². The predicted molar refractivity (Wildman–Crippen MR) is 51.2 cm³/mol. The Bertz CT molecular complexity index is 169. The Labute approximate surface area is 89.1 Å². The summed E-state index contributed by atoms with van der Waals surface area (Å²) in [5.41, 5.74) is 0. The van der Waals surface area contributed by atoms with Gasteiger partial charge >= 0.3 is 0 Å². The van der Waals surface area contributed by atoms with E-state index >= 15 is 0 Å². The molecule has 0 aliphatic heterocycles. The van der Waals surface area contributed by atoms with Crippen LogP contribution < -0.4 is 0 Å². The van der Waals surface area contributed by atoms with Gasteiger partial charge in [0.1, 0.15) is 0 Å². The Morgan fingerprint density at radius 1 is 0.917 bits per heavy atom. The maximum absolute atomic E-state index is 9.05. The molecule has 72 valence electrons. The van der Waals surface area contributed by atoms with E-state index in [0.717, 1.165) is 0 Å². The number of rotatable bonds is 2. The van der Waals surface area contributed by atoms with Gasteiger partial charge in [0.25, 0.3) is 6.72 Å². The van der Waals surface area contributed by atoms with Crippen LogP contribution in [0, 0.1) is 0 Å². The first-order valence-electron chi connectivity index (χ1n) is 3.56. The second-order valence-corrected chi connectivity index (χ2v) is 9.30. The van der Waals surface area contributed by atoms with Crippen LogP contribution in [0.1, 0.15) is 27.7 Å². The van der Waals surface area contributed by atoms with Gasteiger partial charge < -0.3 is 14.7 Å². The minimum Gasteiger partial charge on any atom is -0.329 e. The van der Waals surface area contributed by atoms with Gasteiger partial charge in [-0.25, -0.2) is 0 Å². The van der Waals surface area contributed by atoms with Gasteiger partial charge in [-0.15, -0.1) is 10.1 Å². The first-order chi connectivity index (χ1) is 4.76. The molecule has 0 saturated carbocycles. The summed E-state index contributed by atoms with van der Waals surface area (Å²) >= 11 is 0.